The van der Waals surface area contributed by atoms with Gasteiger partial charge in [0.1, 0.15) is 0 Å². The Morgan fingerprint density at radius 1 is 0.974 bits per heavy atom. The largest absolute Gasteiger partial charge is 0.335 e. The van der Waals surface area contributed by atoms with E-state index in [-0.39, 0.29) is 24.3 Å². The van der Waals surface area contributed by atoms with Crippen LogP contribution in [0, 0.1) is 0 Å². The number of thiophene rings is 1. The molecule has 0 atom stereocenters. The number of nitrogens with zero attached hydrogens (tertiary/aromatic N) is 1. The zero-order valence-electron chi connectivity index (χ0n) is 20.9. The molecule has 2 aromatic carbocycles. The fourth-order valence-corrected chi connectivity index (χ4v) is 8.03. The van der Waals surface area contributed by atoms with Crippen molar-refractivity contribution >= 4 is 88.4 Å². The number of aryl methyl sites for hydroxylation is 1. The number of rotatable bonds is 11. The van der Waals surface area contributed by atoms with Crippen molar-refractivity contribution < 1.29 is 25.9 Å². The fraction of sp³-hybridized carbons (Fsp3) is 0.308. The predicted molar refractivity (Wildman–Crippen MR) is 164 cm³/mol. The molecule has 2 heterocycles. The molecule has 0 saturated heterocycles. The molecular formula is C26H27Cl2NO6S4. The van der Waals surface area contributed by atoms with Crippen LogP contribution in [0.15, 0.2) is 58.0 Å². The van der Waals surface area contributed by atoms with Gasteiger partial charge < -0.3 is 4.90 Å². The van der Waals surface area contributed by atoms with Gasteiger partial charge >= 0.3 is 0 Å². The summed E-state index contributed by atoms with van der Waals surface area (Å²) in [5.41, 5.74) is 2.88. The predicted octanol–water partition coefficient (Wildman–Crippen LogP) is 7.55. The van der Waals surface area contributed by atoms with E-state index in [9.17, 15) is 25.9 Å². The molecule has 7 nitrogen and oxygen atoms in total. The lowest BCUT2D eigenvalue weighted by Crippen LogP contribution is -2.21. The highest BCUT2D eigenvalue weighted by molar-refractivity contribution is 8.03. The normalized spacial score (nSPS) is 15.5. The van der Waals surface area contributed by atoms with Crippen LogP contribution in [0.25, 0.3) is 16.2 Å². The van der Waals surface area contributed by atoms with E-state index in [0.29, 0.717) is 29.4 Å². The summed E-state index contributed by atoms with van der Waals surface area (Å²) in [7, 11) is -8.14. The van der Waals surface area contributed by atoms with Gasteiger partial charge in [-0.1, -0.05) is 41.9 Å². The van der Waals surface area contributed by atoms with Gasteiger partial charge in [0.05, 0.1) is 22.2 Å². The molecule has 0 amide bonds. The van der Waals surface area contributed by atoms with Gasteiger partial charge in [-0.3, -0.25) is 9.11 Å². The second kappa shape index (κ2) is 12.5. The maximum absolute atomic E-state index is 11.3. The van der Waals surface area contributed by atoms with Gasteiger partial charge in [0.15, 0.2) is 0 Å². The summed E-state index contributed by atoms with van der Waals surface area (Å²) in [6.07, 6.45) is 5.82. The average molecular weight is 649 g/mol. The molecule has 1 aliphatic rings. The van der Waals surface area contributed by atoms with E-state index < -0.39 is 20.2 Å². The number of hydrogen-bond donors (Lipinski definition) is 2. The smallest absolute Gasteiger partial charge is 0.264 e. The lowest BCUT2D eigenvalue weighted by atomic mass is 10.0. The summed E-state index contributed by atoms with van der Waals surface area (Å²) in [4.78, 5) is 3.99. The third-order valence-corrected chi connectivity index (χ3v) is 10.5. The molecular weight excluding hydrogens is 621 g/mol. The first kappa shape index (κ1) is 30.4. The quantitative estimate of drug-likeness (QED) is 0.205. The zero-order valence-corrected chi connectivity index (χ0v) is 25.7. The van der Waals surface area contributed by atoms with Crippen molar-refractivity contribution in [1.82, 2.24) is 0 Å². The minimum atomic E-state index is -4.08. The summed E-state index contributed by atoms with van der Waals surface area (Å²) < 4.78 is 64.7. The molecule has 39 heavy (non-hydrogen) atoms. The van der Waals surface area contributed by atoms with E-state index in [2.05, 4.69) is 12.2 Å². The van der Waals surface area contributed by atoms with Gasteiger partial charge in [-0.15, -0.1) is 11.3 Å². The highest BCUT2D eigenvalue weighted by Gasteiger charge is 2.26. The third-order valence-electron chi connectivity index (χ3n) is 6.12. The van der Waals surface area contributed by atoms with E-state index in [1.807, 2.05) is 48.2 Å². The Balaban J connectivity index is 1.71. The highest BCUT2D eigenvalue weighted by atomic mass is 35.5. The minimum Gasteiger partial charge on any atom is -0.335 e. The van der Waals surface area contributed by atoms with Crippen LogP contribution in [0.3, 0.4) is 0 Å². The van der Waals surface area contributed by atoms with Crippen LogP contribution in [0.5, 0.6) is 0 Å². The maximum atomic E-state index is 11.3. The standard InChI is InChI=1S/C26H27Cl2NO6S4/c1-2-17(13-25-20(5-3-11-38(30,31)32)21-15-18(27)6-8-23(21)36-25)14-26-29(10-4-12-39(33,34)35)22-16-19(28)7-9-24(22)37-26/h6-9,13-16H,2-5,10-12H2,1H3,(H,30,31,32)(H,33,34,35)/b17-13?,26-14-. The summed E-state index contributed by atoms with van der Waals surface area (Å²) in [6.45, 7) is 2.42. The molecule has 0 spiro atoms. The molecule has 13 heteroatoms. The Morgan fingerprint density at radius 3 is 2.33 bits per heavy atom. The van der Waals surface area contributed by atoms with E-state index >= 15 is 0 Å². The molecule has 1 aromatic heterocycles. The van der Waals surface area contributed by atoms with E-state index in [0.717, 1.165) is 41.7 Å². The van der Waals surface area contributed by atoms with Gasteiger partial charge in [-0.05, 0) is 90.8 Å². The summed E-state index contributed by atoms with van der Waals surface area (Å²) in [6, 6.07) is 11.2. The SMILES string of the molecule is CCC(=Cc1sc2ccc(Cl)cc2c1CCCS(=O)(=O)O)/C=C1\Sc2ccc(Cl)cc2N1CCCS(=O)(=O)O. The van der Waals surface area contributed by atoms with Gasteiger partial charge in [0.2, 0.25) is 0 Å². The van der Waals surface area contributed by atoms with Crippen molar-refractivity contribution in [2.45, 2.75) is 37.5 Å². The van der Waals surface area contributed by atoms with E-state index in [1.165, 1.54) is 0 Å². The third kappa shape index (κ3) is 8.23. The molecule has 0 unspecified atom stereocenters. The van der Waals surface area contributed by atoms with Crippen LogP contribution in [0.2, 0.25) is 10.0 Å². The Morgan fingerprint density at radius 2 is 1.64 bits per heavy atom. The van der Waals surface area contributed by atoms with Crippen molar-refractivity contribution in [2.24, 2.45) is 0 Å². The number of anilines is 1. The van der Waals surface area contributed by atoms with Crippen LogP contribution >= 0.6 is 46.3 Å². The van der Waals surface area contributed by atoms with Gasteiger partial charge in [0.25, 0.3) is 20.2 Å². The summed E-state index contributed by atoms with van der Waals surface area (Å²) in [5.74, 6) is -0.667. The Bertz CT molecular complexity index is 1660. The summed E-state index contributed by atoms with van der Waals surface area (Å²) >= 11 is 15.7. The van der Waals surface area contributed by atoms with Crippen LogP contribution in [-0.4, -0.2) is 44.0 Å². The number of allylic oxidation sites excluding steroid dienone is 2. The molecule has 3 aromatic rings. The minimum absolute atomic E-state index is 0.239. The first-order chi connectivity index (χ1) is 18.3. The molecule has 4 rings (SSSR count). The number of hydrogen-bond acceptors (Lipinski definition) is 7. The first-order valence-corrected chi connectivity index (χ1v) is 17.7. The molecule has 0 saturated carbocycles. The van der Waals surface area contributed by atoms with Crippen LogP contribution in [0.1, 0.15) is 36.6 Å². The first-order valence-electron chi connectivity index (χ1n) is 12.1. The molecule has 0 aliphatic carbocycles. The number of benzene rings is 2. The highest BCUT2D eigenvalue weighted by Crippen LogP contribution is 2.47. The Kier molecular flexibility index (Phi) is 9.76. The second-order valence-electron chi connectivity index (χ2n) is 9.04. The van der Waals surface area contributed by atoms with Crippen molar-refractivity contribution in [3.05, 3.63) is 73.6 Å². The number of halogens is 2. The Labute approximate surface area is 247 Å². The number of thioether (sulfide) groups is 1. The maximum Gasteiger partial charge on any atom is 0.264 e. The second-order valence-corrected chi connectivity index (χ2v) is 15.2. The molecule has 0 fully saturated rings. The van der Waals surface area contributed by atoms with Crippen molar-refractivity contribution in [3.8, 4) is 0 Å². The molecule has 0 radical (unpaired) electrons. The lowest BCUT2D eigenvalue weighted by Gasteiger charge is -2.21. The zero-order chi connectivity index (χ0) is 28.4. The average Bonchev–Trinajstić information content (AvgIpc) is 3.34. The van der Waals surface area contributed by atoms with Crippen molar-refractivity contribution in [3.63, 3.8) is 0 Å². The van der Waals surface area contributed by atoms with E-state index in [4.69, 9.17) is 23.2 Å². The van der Waals surface area contributed by atoms with Gasteiger partial charge in [0, 0.05) is 31.1 Å². The lowest BCUT2D eigenvalue weighted by molar-refractivity contribution is 0.479. The molecule has 1 aliphatic heterocycles. The monoisotopic (exact) mass is 647 g/mol. The topological polar surface area (TPSA) is 112 Å². The fourth-order valence-electron chi connectivity index (χ4n) is 4.34. The molecule has 0 bridgehead atoms. The number of fused-ring (bicyclic) bond motifs is 2. The van der Waals surface area contributed by atoms with Crippen molar-refractivity contribution in [1.29, 1.82) is 0 Å². The van der Waals surface area contributed by atoms with Gasteiger partial charge in [-0.2, -0.15) is 16.8 Å². The Hall–Kier alpha value is -1.57. The van der Waals surface area contributed by atoms with E-state index in [1.54, 1.807) is 23.1 Å². The molecule has 2 N–H and O–H groups in total. The molecule has 210 valence electrons. The van der Waals surface area contributed by atoms with Crippen molar-refractivity contribution in [2.75, 3.05) is 23.0 Å². The van der Waals surface area contributed by atoms with Crippen LogP contribution in [0.4, 0.5) is 5.69 Å². The van der Waals surface area contributed by atoms with Crippen LogP contribution < -0.4 is 4.90 Å². The van der Waals surface area contributed by atoms with Gasteiger partial charge in [-0.25, -0.2) is 0 Å². The summed E-state index contributed by atoms with van der Waals surface area (Å²) in [5, 5.41) is 3.03. The van der Waals surface area contributed by atoms with Crippen LogP contribution in [-0.2, 0) is 26.7 Å².